The lowest BCUT2D eigenvalue weighted by Gasteiger charge is -2.14. The van der Waals surface area contributed by atoms with Crippen LogP contribution in [0.25, 0.3) is 147 Å². The van der Waals surface area contributed by atoms with Crippen LogP contribution in [-0.4, -0.2) is 4.57 Å². The van der Waals surface area contributed by atoms with E-state index >= 15 is 0 Å². The third-order valence-electron chi connectivity index (χ3n) is 14.5. The Hall–Kier alpha value is -8.72. The molecule has 0 saturated heterocycles. The Labute approximate surface area is 378 Å². The summed E-state index contributed by atoms with van der Waals surface area (Å²) < 4.78 is 9.01. The van der Waals surface area contributed by atoms with Crippen molar-refractivity contribution in [2.24, 2.45) is 0 Å². The molecule has 0 radical (unpaired) electrons. The quantitative estimate of drug-likeness (QED) is 0.162. The number of benzene rings is 13. The molecule has 0 bridgehead atoms. The zero-order chi connectivity index (χ0) is 43.0. The topological polar surface area (TPSA) is 18.1 Å². The molecule has 0 atom stereocenters. The van der Waals surface area contributed by atoms with Crippen molar-refractivity contribution in [3.63, 3.8) is 0 Å². The maximum Gasteiger partial charge on any atom is 0.135 e. The highest BCUT2D eigenvalue weighted by atomic mass is 16.3. The number of rotatable bonds is 3. The molecular weight excluding hydrogens is 799 g/mol. The van der Waals surface area contributed by atoms with Gasteiger partial charge in [0.25, 0.3) is 0 Å². The Morgan fingerprint density at radius 2 is 0.727 bits per heavy atom. The lowest BCUT2D eigenvalue weighted by molar-refractivity contribution is 0.669. The fraction of sp³-hybridized carbons (Fsp3) is 0. The van der Waals surface area contributed by atoms with Gasteiger partial charge in [-0.1, -0.05) is 164 Å². The van der Waals surface area contributed by atoms with E-state index in [1.165, 1.54) is 114 Å². The van der Waals surface area contributed by atoms with Gasteiger partial charge in [0, 0.05) is 32.6 Å². The number of fused-ring (bicyclic) bond motifs is 20. The van der Waals surface area contributed by atoms with E-state index in [-0.39, 0.29) is 0 Å². The number of para-hydroxylation sites is 1. The Bertz CT molecular complexity index is 4570. The number of aromatic nitrogens is 1. The van der Waals surface area contributed by atoms with E-state index < -0.39 is 0 Å². The molecule has 0 saturated carbocycles. The van der Waals surface area contributed by atoms with Gasteiger partial charge in [-0.25, -0.2) is 0 Å². The highest BCUT2D eigenvalue weighted by Gasteiger charge is 2.21. The molecule has 0 spiro atoms. The molecule has 13 aromatic carbocycles. The molecule has 0 unspecified atom stereocenters. The van der Waals surface area contributed by atoms with E-state index in [9.17, 15) is 0 Å². The molecule has 2 heterocycles. The summed E-state index contributed by atoms with van der Waals surface area (Å²) >= 11 is 0. The van der Waals surface area contributed by atoms with Crippen molar-refractivity contribution in [2.75, 3.05) is 0 Å². The molecule has 2 heteroatoms. The van der Waals surface area contributed by atoms with E-state index in [2.05, 4.69) is 229 Å². The lowest BCUT2D eigenvalue weighted by atomic mass is 9.89. The normalized spacial score (nSPS) is 12.2. The zero-order valence-corrected chi connectivity index (χ0v) is 35.7. The summed E-state index contributed by atoms with van der Waals surface area (Å²) in [4.78, 5) is 0. The van der Waals surface area contributed by atoms with Gasteiger partial charge in [-0.2, -0.15) is 0 Å². The standard InChI is InChI=1S/C64H37NO/c1-2-14-43(15-3-1)65-58-30-24-39-13-5-7-17-45(39)63(58)64-59(65)31-29-51-47-19-9-11-21-49(47)54-34-40(23-28-52(54)62(51)64)41-25-32-60-56(35-41)57-36-42(26-33-61(57)66-60)53-37-55-44-16-6-4-12-38(44)22-27-50(55)46-18-8-10-20-48(46)53/h1-37H. The van der Waals surface area contributed by atoms with E-state index in [1.807, 2.05) is 0 Å². The fourth-order valence-electron chi connectivity index (χ4n) is 11.6. The van der Waals surface area contributed by atoms with Crippen LogP contribution in [0.1, 0.15) is 0 Å². The van der Waals surface area contributed by atoms with Crippen LogP contribution in [0.3, 0.4) is 0 Å². The Morgan fingerprint density at radius 3 is 1.50 bits per heavy atom. The molecule has 2 aromatic heterocycles. The Kier molecular flexibility index (Phi) is 7.25. The van der Waals surface area contributed by atoms with Crippen LogP contribution < -0.4 is 0 Å². The van der Waals surface area contributed by atoms with Gasteiger partial charge in [0.1, 0.15) is 11.2 Å². The molecular formula is C64H37NO. The van der Waals surface area contributed by atoms with Crippen molar-refractivity contribution in [1.82, 2.24) is 4.57 Å². The van der Waals surface area contributed by atoms with Gasteiger partial charge in [0.15, 0.2) is 0 Å². The first kappa shape index (κ1) is 35.7. The minimum Gasteiger partial charge on any atom is -0.456 e. The summed E-state index contributed by atoms with van der Waals surface area (Å²) in [6.07, 6.45) is 0. The summed E-state index contributed by atoms with van der Waals surface area (Å²) in [6, 6.07) is 82.9. The molecule has 0 aliphatic heterocycles. The minimum absolute atomic E-state index is 0.891. The van der Waals surface area contributed by atoms with Crippen LogP contribution in [-0.2, 0) is 0 Å². The van der Waals surface area contributed by atoms with Crippen LogP contribution in [0.15, 0.2) is 229 Å². The van der Waals surface area contributed by atoms with Gasteiger partial charge in [0.2, 0.25) is 0 Å². The van der Waals surface area contributed by atoms with Crippen LogP contribution in [0.2, 0.25) is 0 Å². The molecule has 0 aliphatic carbocycles. The molecule has 15 rings (SSSR count). The summed E-state index contributed by atoms with van der Waals surface area (Å²) in [5.74, 6) is 0. The van der Waals surface area contributed by atoms with E-state index in [0.29, 0.717) is 0 Å². The lowest BCUT2D eigenvalue weighted by Crippen LogP contribution is -1.93. The summed E-state index contributed by atoms with van der Waals surface area (Å²) in [5.41, 5.74) is 10.1. The molecule has 15 aromatic rings. The average molecular weight is 836 g/mol. The molecule has 66 heavy (non-hydrogen) atoms. The zero-order valence-electron chi connectivity index (χ0n) is 35.7. The molecule has 0 N–H and O–H groups in total. The third-order valence-corrected chi connectivity index (χ3v) is 14.5. The Balaban J connectivity index is 0.963. The third kappa shape index (κ3) is 4.96. The SMILES string of the molecule is c1ccc(-n2c3ccc4ccccc4c3c3c4c(ccc32)c2ccccc2c2cc(-c3ccc5oc6ccc(-c7cc8c9ccccc9ccc8c8ccccc78)cc6c5c3)ccc24)cc1. The Morgan fingerprint density at radius 1 is 0.258 bits per heavy atom. The first-order valence-corrected chi connectivity index (χ1v) is 22.8. The van der Waals surface area contributed by atoms with Gasteiger partial charge in [-0.3, -0.25) is 0 Å². The summed E-state index contributed by atoms with van der Waals surface area (Å²) in [6.45, 7) is 0. The number of furan rings is 1. The van der Waals surface area contributed by atoms with E-state index in [4.69, 9.17) is 4.42 Å². The molecule has 0 aliphatic rings. The highest BCUT2D eigenvalue weighted by Crippen LogP contribution is 2.47. The second-order valence-electron chi connectivity index (χ2n) is 17.9. The molecule has 0 fully saturated rings. The predicted octanol–water partition coefficient (Wildman–Crippen LogP) is 18.1. The monoisotopic (exact) mass is 835 g/mol. The molecule has 2 nitrogen and oxygen atoms in total. The van der Waals surface area contributed by atoms with Crippen molar-refractivity contribution in [3.8, 4) is 27.9 Å². The van der Waals surface area contributed by atoms with Gasteiger partial charge in [-0.05, 0) is 153 Å². The first-order valence-electron chi connectivity index (χ1n) is 22.8. The van der Waals surface area contributed by atoms with Crippen molar-refractivity contribution < 1.29 is 4.42 Å². The number of hydrogen-bond donors (Lipinski definition) is 0. The van der Waals surface area contributed by atoms with Crippen LogP contribution >= 0.6 is 0 Å². The summed E-state index contributed by atoms with van der Waals surface area (Å²) in [7, 11) is 0. The highest BCUT2D eigenvalue weighted by molar-refractivity contribution is 6.38. The predicted molar refractivity (Wildman–Crippen MR) is 281 cm³/mol. The second-order valence-corrected chi connectivity index (χ2v) is 17.9. The van der Waals surface area contributed by atoms with Gasteiger partial charge in [0.05, 0.1) is 11.0 Å². The van der Waals surface area contributed by atoms with Crippen LogP contribution in [0.5, 0.6) is 0 Å². The summed E-state index contributed by atoms with van der Waals surface area (Å²) in [5, 5.41) is 22.5. The largest absolute Gasteiger partial charge is 0.456 e. The van der Waals surface area contributed by atoms with Crippen molar-refractivity contribution in [2.45, 2.75) is 0 Å². The van der Waals surface area contributed by atoms with E-state index in [0.717, 1.165) is 33.2 Å². The van der Waals surface area contributed by atoms with Crippen LogP contribution in [0.4, 0.5) is 0 Å². The van der Waals surface area contributed by atoms with Gasteiger partial charge in [-0.15, -0.1) is 0 Å². The molecule has 304 valence electrons. The maximum atomic E-state index is 6.56. The first-order chi connectivity index (χ1) is 32.7. The fourth-order valence-corrected chi connectivity index (χ4v) is 11.6. The minimum atomic E-state index is 0.891. The number of hydrogen-bond acceptors (Lipinski definition) is 1. The number of nitrogens with zero attached hydrogens (tertiary/aromatic N) is 1. The smallest absolute Gasteiger partial charge is 0.135 e. The molecule has 0 amide bonds. The second kappa shape index (κ2) is 13.4. The van der Waals surface area contributed by atoms with Crippen molar-refractivity contribution >= 4 is 119 Å². The van der Waals surface area contributed by atoms with Crippen molar-refractivity contribution in [1.29, 1.82) is 0 Å². The van der Waals surface area contributed by atoms with Crippen LogP contribution in [0, 0.1) is 0 Å². The maximum absolute atomic E-state index is 6.56. The van der Waals surface area contributed by atoms with Crippen molar-refractivity contribution in [3.05, 3.63) is 224 Å². The van der Waals surface area contributed by atoms with E-state index in [1.54, 1.807) is 0 Å². The van der Waals surface area contributed by atoms with Gasteiger partial charge < -0.3 is 8.98 Å². The van der Waals surface area contributed by atoms with Gasteiger partial charge >= 0.3 is 0 Å². The average Bonchev–Trinajstić information content (AvgIpc) is 3.94.